The van der Waals surface area contributed by atoms with Gasteiger partial charge in [-0.2, -0.15) is 0 Å². The molecule has 2 N–H and O–H groups in total. The number of benzene rings is 1. The van der Waals surface area contributed by atoms with Crippen molar-refractivity contribution in [1.82, 2.24) is 4.90 Å². The zero-order chi connectivity index (χ0) is 14.0. The largest absolute Gasteiger partial charge is 0.507 e. The van der Waals surface area contributed by atoms with Gasteiger partial charge in [0.25, 0.3) is 5.91 Å². The van der Waals surface area contributed by atoms with Gasteiger partial charge in [-0.1, -0.05) is 0 Å². The second-order valence-corrected chi connectivity index (χ2v) is 4.92. The molecule has 1 aromatic carbocycles. The number of aromatic hydroxyl groups is 1. The molecule has 0 bridgehead atoms. The van der Waals surface area contributed by atoms with E-state index in [0.717, 1.165) is 6.42 Å². The lowest BCUT2D eigenvalue weighted by molar-refractivity contribution is 0.0759. The van der Waals surface area contributed by atoms with E-state index in [0.29, 0.717) is 18.8 Å². The van der Waals surface area contributed by atoms with E-state index >= 15 is 0 Å². The van der Waals surface area contributed by atoms with Gasteiger partial charge in [-0.3, -0.25) is 4.79 Å². The molecule has 1 amide bonds. The number of carbonyl (C=O) groups excluding carboxylic acids is 1. The maximum atomic E-state index is 12.3. The number of hydrogen-bond acceptors (Lipinski definition) is 4. The molecule has 0 aliphatic carbocycles. The van der Waals surface area contributed by atoms with Crippen LogP contribution in [0.3, 0.4) is 0 Å². The van der Waals surface area contributed by atoms with Gasteiger partial charge in [0.1, 0.15) is 11.5 Å². The van der Waals surface area contributed by atoms with Gasteiger partial charge in [-0.15, -0.1) is 0 Å². The van der Waals surface area contributed by atoms with Crippen LogP contribution in [0.2, 0.25) is 0 Å². The topological polar surface area (TPSA) is 70.0 Å². The number of phenolic OH excluding ortho intramolecular Hbond substituents is 1. The van der Waals surface area contributed by atoms with Crippen molar-refractivity contribution in [3.05, 3.63) is 23.8 Å². The highest BCUT2D eigenvalue weighted by Gasteiger charge is 2.30. The maximum absolute atomic E-state index is 12.3. The zero-order valence-electron chi connectivity index (χ0n) is 11.2. The van der Waals surface area contributed by atoms with Crippen LogP contribution in [0.1, 0.15) is 23.7 Å². The molecule has 0 spiro atoms. The molecule has 0 radical (unpaired) electrons. The lowest BCUT2D eigenvalue weighted by Crippen LogP contribution is -2.30. The highest BCUT2D eigenvalue weighted by atomic mass is 16.5. The van der Waals surface area contributed by atoms with Crippen molar-refractivity contribution in [2.24, 2.45) is 5.92 Å². The SMILES string of the molecule is COc1ccc(O)c(C(=O)N2CCC(C(C)O)C2)c1. The van der Waals surface area contributed by atoms with E-state index in [1.165, 1.54) is 19.2 Å². The second-order valence-electron chi connectivity index (χ2n) is 4.92. The third-order valence-electron chi connectivity index (χ3n) is 3.63. The summed E-state index contributed by atoms with van der Waals surface area (Å²) in [6.07, 6.45) is 0.366. The van der Waals surface area contributed by atoms with Crippen LogP contribution in [0.4, 0.5) is 0 Å². The van der Waals surface area contributed by atoms with Gasteiger partial charge in [0.15, 0.2) is 0 Å². The Kier molecular flexibility index (Phi) is 3.95. The lowest BCUT2D eigenvalue weighted by Gasteiger charge is -2.18. The number of phenols is 1. The summed E-state index contributed by atoms with van der Waals surface area (Å²) >= 11 is 0. The lowest BCUT2D eigenvalue weighted by atomic mass is 10.0. The van der Waals surface area contributed by atoms with E-state index in [9.17, 15) is 15.0 Å². The number of methoxy groups -OCH3 is 1. The Bertz CT molecular complexity index is 473. The van der Waals surface area contributed by atoms with Crippen LogP contribution in [0.25, 0.3) is 0 Å². The van der Waals surface area contributed by atoms with E-state index in [-0.39, 0.29) is 23.1 Å². The van der Waals surface area contributed by atoms with Gasteiger partial charge >= 0.3 is 0 Å². The fourth-order valence-corrected chi connectivity index (χ4v) is 2.35. The number of rotatable bonds is 3. The van der Waals surface area contributed by atoms with Crippen LogP contribution < -0.4 is 4.74 Å². The molecule has 1 aliphatic rings. The average molecular weight is 265 g/mol. The number of ether oxygens (including phenoxy) is 1. The fraction of sp³-hybridized carbons (Fsp3) is 0.500. The second kappa shape index (κ2) is 5.48. The minimum atomic E-state index is -0.420. The molecular weight excluding hydrogens is 246 g/mol. The zero-order valence-corrected chi connectivity index (χ0v) is 11.2. The summed E-state index contributed by atoms with van der Waals surface area (Å²) < 4.78 is 5.06. The highest BCUT2D eigenvalue weighted by molar-refractivity contribution is 5.97. The fourth-order valence-electron chi connectivity index (χ4n) is 2.35. The highest BCUT2D eigenvalue weighted by Crippen LogP contribution is 2.27. The Morgan fingerprint density at radius 1 is 1.53 bits per heavy atom. The van der Waals surface area contributed by atoms with Crippen molar-refractivity contribution in [1.29, 1.82) is 0 Å². The summed E-state index contributed by atoms with van der Waals surface area (Å²) in [5, 5.41) is 19.3. The first-order valence-corrected chi connectivity index (χ1v) is 6.37. The number of nitrogens with zero attached hydrogens (tertiary/aromatic N) is 1. The van der Waals surface area contributed by atoms with Gasteiger partial charge in [0.05, 0.1) is 18.8 Å². The Morgan fingerprint density at radius 2 is 2.26 bits per heavy atom. The van der Waals surface area contributed by atoms with Crippen LogP contribution in [0.15, 0.2) is 18.2 Å². The van der Waals surface area contributed by atoms with Gasteiger partial charge < -0.3 is 19.8 Å². The van der Waals surface area contributed by atoms with Gasteiger partial charge in [0.2, 0.25) is 0 Å². The van der Waals surface area contributed by atoms with Gasteiger partial charge in [-0.05, 0) is 31.5 Å². The molecule has 5 nitrogen and oxygen atoms in total. The maximum Gasteiger partial charge on any atom is 0.257 e. The number of aliphatic hydroxyl groups is 1. The van der Waals surface area contributed by atoms with Crippen molar-refractivity contribution in [2.75, 3.05) is 20.2 Å². The molecule has 104 valence electrons. The van der Waals surface area contributed by atoms with Crippen molar-refractivity contribution >= 4 is 5.91 Å². The molecule has 2 atom stereocenters. The van der Waals surface area contributed by atoms with Crippen LogP contribution in [-0.4, -0.2) is 47.3 Å². The number of aliphatic hydroxyl groups excluding tert-OH is 1. The van der Waals surface area contributed by atoms with E-state index < -0.39 is 6.10 Å². The van der Waals surface area contributed by atoms with E-state index in [1.54, 1.807) is 17.9 Å². The van der Waals surface area contributed by atoms with Crippen LogP contribution >= 0.6 is 0 Å². The molecule has 1 fully saturated rings. The normalized spacial score (nSPS) is 20.4. The monoisotopic (exact) mass is 265 g/mol. The van der Waals surface area contributed by atoms with E-state index in [2.05, 4.69) is 0 Å². The van der Waals surface area contributed by atoms with E-state index in [1.807, 2.05) is 0 Å². The molecule has 1 saturated heterocycles. The summed E-state index contributed by atoms with van der Waals surface area (Å²) in [6, 6.07) is 4.59. The third kappa shape index (κ3) is 2.81. The molecule has 1 aromatic rings. The number of likely N-dealkylation sites (tertiary alicyclic amines) is 1. The molecule has 2 unspecified atom stereocenters. The van der Waals surface area contributed by atoms with Crippen LogP contribution in [0, 0.1) is 5.92 Å². The predicted octanol–water partition coefficient (Wildman–Crippen LogP) is 1.24. The van der Waals surface area contributed by atoms with Crippen LogP contribution in [-0.2, 0) is 0 Å². The Morgan fingerprint density at radius 3 is 2.84 bits per heavy atom. The molecule has 5 heteroatoms. The number of amides is 1. The minimum absolute atomic E-state index is 0.0497. The minimum Gasteiger partial charge on any atom is -0.507 e. The Labute approximate surface area is 112 Å². The molecular formula is C14H19NO4. The van der Waals surface area contributed by atoms with Gasteiger partial charge in [0, 0.05) is 19.0 Å². The average Bonchev–Trinajstić information content (AvgIpc) is 2.88. The first-order chi connectivity index (χ1) is 9.02. The van der Waals surface area contributed by atoms with Crippen molar-refractivity contribution < 1.29 is 19.7 Å². The first kappa shape index (κ1) is 13.7. The van der Waals surface area contributed by atoms with Gasteiger partial charge in [-0.25, -0.2) is 0 Å². The molecule has 1 heterocycles. The number of hydrogen-bond donors (Lipinski definition) is 2. The summed E-state index contributed by atoms with van der Waals surface area (Å²) in [5.41, 5.74) is 0.241. The van der Waals surface area contributed by atoms with Crippen molar-refractivity contribution in [2.45, 2.75) is 19.4 Å². The summed E-state index contributed by atoms with van der Waals surface area (Å²) in [7, 11) is 1.51. The predicted molar refractivity (Wildman–Crippen MR) is 70.4 cm³/mol. The quantitative estimate of drug-likeness (QED) is 0.862. The molecule has 19 heavy (non-hydrogen) atoms. The van der Waals surface area contributed by atoms with Crippen LogP contribution in [0.5, 0.6) is 11.5 Å². The third-order valence-corrected chi connectivity index (χ3v) is 3.63. The van der Waals surface area contributed by atoms with E-state index in [4.69, 9.17) is 4.74 Å². The summed E-state index contributed by atoms with van der Waals surface area (Å²) in [5.74, 6) is 0.370. The number of carbonyl (C=O) groups is 1. The molecule has 0 saturated carbocycles. The van der Waals surface area contributed by atoms with Crippen molar-refractivity contribution in [3.63, 3.8) is 0 Å². The first-order valence-electron chi connectivity index (χ1n) is 6.37. The standard InChI is InChI=1S/C14H19NO4/c1-9(16)10-5-6-15(8-10)14(18)12-7-11(19-2)3-4-13(12)17/h3-4,7,9-10,16-17H,5-6,8H2,1-2H3. The Balaban J connectivity index is 2.16. The summed E-state index contributed by atoms with van der Waals surface area (Å²) in [6.45, 7) is 2.86. The smallest absolute Gasteiger partial charge is 0.257 e. The molecule has 2 rings (SSSR count). The Hall–Kier alpha value is -1.75. The van der Waals surface area contributed by atoms with Crippen molar-refractivity contribution in [3.8, 4) is 11.5 Å². The molecule has 0 aromatic heterocycles. The summed E-state index contributed by atoms with van der Waals surface area (Å²) in [4.78, 5) is 14.0. The molecule has 1 aliphatic heterocycles.